The smallest absolute Gasteiger partial charge is 0.150 e. The largest absolute Gasteiger partial charge is 0.347 e. The van der Waals surface area contributed by atoms with E-state index in [4.69, 9.17) is 11.6 Å². The summed E-state index contributed by atoms with van der Waals surface area (Å²) < 4.78 is 0. The molecule has 1 N–H and O–H groups in total. The second kappa shape index (κ2) is 5.62. The first-order valence-corrected chi connectivity index (χ1v) is 7.64. The maximum atomic E-state index is 5.99. The van der Waals surface area contributed by atoms with Gasteiger partial charge in [0.1, 0.15) is 5.15 Å². The predicted molar refractivity (Wildman–Crippen MR) is 73.9 cm³/mol. The molecule has 1 aromatic heterocycles. The highest BCUT2D eigenvalue weighted by molar-refractivity contribution is 6.30. The van der Waals surface area contributed by atoms with E-state index in [0.717, 1.165) is 24.1 Å². The molecule has 1 aliphatic heterocycles. The van der Waals surface area contributed by atoms with Crippen molar-refractivity contribution in [2.75, 3.05) is 13.1 Å². The van der Waals surface area contributed by atoms with Gasteiger partial charge in [-0.05, 0) is 51.1 Å². The van der Waals surface area contributed by atoms with E-state index in [1.165, 1.54) is 51.6 Å². The van der Waals surface area contributed by atoms with Crippen molar-refractivity contribution in [2.45, 2.75) is 51.0 Å². The van der Waals surface area contributed by atoms with Crippen LogP contribution in [0.3, 0.4) is 0 Å². The van der Waals surface area contributed by atoms with Crippen molar-refractivity contribution in [1.29, 1.82) is 0 Å². The zero-order valence-corrected chi connectivity index (χ0v) is 11.6. The molecular weight excluding hydrogens is 246 g/mol. The number of nitrogens with one attached hydrogen (secondary N) is 1. The molecular formula is C14H22ClN3. The molecule has 0 amide bonds. The highest BCUT2D eigenvalue weighted by Gasteiger charge is 2.34. The lowest BCUT2D eigenvalue weighted by Gasteiger charge is -2.31. The van der Waals surface area contributed by atoms with Crippen molar-refractivity contribution in [3.8, 4) is 0 Å². The van der Waals surface area contributed by atoms with E-state index in [2.05, 4.69) is 14.9 Å². The number of fused-ring (bicyclic) bond motifs is 1. The van der Waals surface area contributed by atoms with Crippen molar-refractivity contribution in [3.05, 3.63) is 17.2 Å². The highest BCUT2D eigenvalue weighted by Crippen LogP contribution is 2.36. The molecule has 3 nitrogen and oxygen atoms in total. The molecule has 0 bridgehead atoms. The van der Waals surface area contributed by atoms with E-state index < -0.39 is 0 Å². The average molecular weight is 268 g/mol. The number of H-pyrrole nitrogens is 1. The van der Waals surface area contributed by atoms with Gasteiger partial charge in [0.05, 0.1) is 12.0 Å². The molecule has 1 aliphatic carbocycles. The van der Waals surface area contributed by atoms with Crippen LogP contribution in [0.2, 0.25) is 5.15 Å². The van der Waals surface area contributed by atoms with Gasteiger partial charge in [-0.2, -0.15) is 0 Å². The van der Waals surface area contributed by atoms with Gasteiger partial charge in [-0.25, -0.2) is 4.98 Å². The molecule has 1 aromatic rings. The van der Waals surface area contributed by atoms with Gasteiger partial charge in [0.2, 0.25) is 0 Å². The minimum absolute atomic E-state index is 0.645. The molecule has 3 rings (SSSR count). The van der Waals surface area contributed by atoms with Crippen LogP contribution in [-0.4, -0.2) is 34.0 Å². The summed E-state index contributed by atoms with van der Waals surface area (Å²) in [5.41, 5.74) is 1.09. The van der Waals surface area contributed by atoms with Crippen LogP contribution in [0.1, 0.15) is 44.2 Å². The fourth-order valence-electron chi connectivity index (χ4n) is 3.72. The molecule has 0 aromatic carbocycles. The Labute approximate surface area is 114 Å². The molecule has 18 heavy (non-hydrogen) atoms. The summed E-state index contributed by atoms with van der Waals surface area (Å²) in [6.45, 7) is 2.53. The molecule has 2 fully saturated rings. The lowest BCUT2D eigenvalue weighted by molar-refractivity contribution is 0.181. The zero-order chi connectivity index (χ0) is 12.4. The van der Waals surface area contributed by atoms with Crippen molar-refractivity contribution in [3.63, 3.8) is 0 Å². The summed E-state index contributed by atoms with van der Waals surface area (Å²) in [6, 6.07) is 0.885. The van der Waals surface area contributed by atoms with Crippen LogP contribution in [0.25, 0.3) is 0 Å². The summed E-state index contributed by atoms with van der Waals surface area (Å²) in [4.78, 5) is 9.87. The molecule has 2 heterocycles. The molecule has 0 spiro atoms. The van der Waals surface area contributed by atoms with Crippen LogP contribution < -0.4 is 0 Å². The van der Waals surface area contributed by atoms with E-state index >= 15 is 0 Å². The quantitative estimate of drug-likeness (QED) is 0.908. The van der Waals surface area contributed by atoms with Gasteiger partial charge >= 0.3 is 0 Å². The van der Waals surface area contributed by atoms with Gasteiger partial charge in [-0.3, -0.25) is 0 Å². The van der Waals surface area contributed by atoms with E-state index in [-0.39, 0.29) is 0 Å². The van der Waals surface area contributed by atoms with Crippen LogP contribution in [0.4, 0.5) is 0 Å². The third-order valence-electron chi connectivity index (χ3n) is 4.66. The number of aryl methyl sites for hydroxylation is 1. The Morgan fingerprint density at radius 3 is 3.06 bits per heavy atom. The first kappa shape index (κ1) is 12.5. The van der Waals surface area contributed by atoms with Crippen molar-refractivity contribution in [1.82, 2.24) is 14.9 Å². The van der Waals surface area contributed by atoms with Crippen molar-refractivity contribution >= 4 is 11.6 Å². The van der Waals surface area contributed by atoms with Gasteiger partial charge in [0.25, 0.3) is 0 Å². The lowest BCUT2D eigenvalue weighted by Crippen LogP contribution is -2.35. The Hall–Kier alpha value is -0.540. The Bertz CT molecular complexity index is 390. The Balaban J connectivity index is 1.47. The molecule has 1 saturated heterocycles. The molecule has 2 aliphatic rings. The second-order valence-electron chi connectivity index (χ2n) is 5.71. The molecule has 2 atom stereocenters. The van der Waals surface area contributed by atoms with Crippen LogP contribution in [-0.2, 0) is 6.42 Å². The summed E-state index contributed by atoms with van der Waals surface area (Å²) >= 11 is 5.99. The molecule has 0 unspecified atom stereocenters. The lowest BCUT2D eigenvalue weighted by atomic mass is 9.85. The van der Waals surface area contributed by atoms with Crippen LogP contribution in [0.15, 0.2) is 6.33 Å². The van der Waals surface area contributed by atoms with E-state index in [1.807, 2.05) is 0 Å². The molecule has 4 heteroatoms. The maximum Gasteiger partial charge on any atom is 0.150 e. The first-order chi connectivity index (χ1) is 8.84. The standard InChI is InChI=1S/C14H22ClN3/c15-14-12(16-10-17-14)5-3-8-18-9-7-11-4-1-2-6-13(11)18/h10-11,13H,1-9H2,(H,16,17)/t11-,13-/m0/s1. The van der Waals surface area contributed by atoms with Crippen molar-refractivity contribution in [2.24, 2.45) is 5.92 Å². The van der Waals surface area contributed by atoms with Crippen molar-refractivity contribution < 1.29 is 0 Å². The van der Waals surface area contributed by atoms with E-state index in [9.17, 15) is 0 Å². The third kappa shape index (κ3) is 2.57. The summed E-state index contributed by atoms with van der Waals surface area (Å²) in [7, 11) is 0. The third-order valence-corrected chi connectivity index (χ3v) is 4.99. The number of hydrogen-bond acceptors (Lipinski definition) is 2. The second-order valence-corrected chi connectivity index (χ2v) is 6.07. The highest BCUT2D eigenvalue weighted by atomic mass is 35.5. The molecule has 0 radical (unpaired) electrons. The SMILES string of the molecule is Clc1nc[nH]c1CCCN1CC[C@@H]2CCCC[C@@H]21. The van der Waals surface area contributed by atoms with Gasteiger partial charge in [0.15, 0.2) is 0 Å². The molecule has 1 saturated carbocycles. The van der Waals surface area contributed by atoms with Crippen LogP contribution in [0, 0.1) is 5.92 Å². The average Bonchev–Trinajstić information content (AvgIpc) is 2.97. The Morgan fingerprint density at radius 2 is 2.22 bits per heavy atom. The van der Waals surface area contributed by atoms with Gasteiger partial charge < -0.3 is 9.88 Å². The Morgan fingerprint density at radius 1 is 1.33 bits per heavy atom. The normalized spacial score (nSPS) is 28.5. The number of nitrogens with zero attached hydrogens (tertiary/aromatic N) is 2. The number of hydrogen-bond donors (Lipinski definition) is 1. The number of aromatic nitrogens is 2. The maximum absolute atomic E-state index is 5.99. The summed E-state index contributed by atoms with van der Waals surface area (Å²) in [5, 5.41) is 0.645. The topological polar surface area (TPSA) is 31.9 Å². The number of likely N-dealkylation sites (tertiary alicyclic amines) is 1. The monoisotopic (exact) mass is 267 g/mol. The number of imidazole rings is 1. The van der Waals surface area contributed by atoms with Crippen LogP contribution >= 0.6 is 11.6 Å². The molecule has 100 valence electrons. The number of halogens is 1. The summed E-state index contributed by atoms with van der Waals surface area (Å²) in [6.07, 6.45) is 11.1. The Kier molecular flexibility index (Phi) is 3.90. The predicted octanol–water partition coefficient (Wildman–Crippen LogP) is 3.26. The van der Waals surface area contributed by atoms with Gasteiger partial charge in [-0.1, -0.05) is 24.4 Å². The van der Waals surface area contributed by atoms with E-state index in [1.54, 1.807) is 6.33 Å². The van der Waals surface area contributed by atoms with Crippen LogP contribution in [0.5, 0.6) is 0 Å². The van der Waals surface area contributed by atoms with E-state index in [0.29, 0.717) is 5.15 Å². The van der Waals surface area contributed by atoms with Gasteiger partial charge in [0, 0.05) is 6.04 Å². The first-order valence-electron chi connectivity index (χ1n) is 7.26. The fraction of sp³-hybridized carbons (Fsp3) is 0.786. The fourth-order valence-corrected chi connectivity index (χ4v) is 3.92. The van der Waals surface area contributed by atoms with Gasteiger partial charge in [-0.15, -0.1) is 0 Å². The minimum atomic E-state index is 0.645. The number of rotatable bonds is 4. The number of aromatic amines is 1. The summed E-state index contributed by atoms with van der Waals surface area (Å²) in [5.74, 6) is 0.995. The zero-order valence-electron chi connectivity index (χ0n) is 10.9. The minimum Gasteiger partial charge on any atom is -0.347 e.